The minimum Gasteiger partial charge on any atom is -0.383 e. The number of hydrogen-bond acceptors (Lipinski definition) is 10. The predicted octanol–water partition coefficient (Wildman–Crippen LogP) is 5.70. The SMILES string of the molecule is CSc1sc(C(=N)N)cc1S(=O)(=NS(=O)(=O)c1ccccc1[N+](=O)[O-])c1cccc(Br)c1.OOC(F)(F)F. The molecule has 0 bridgehead atoms. The minimum atomic E-state index is -4.90. The standard InChI is InChI=1S/C18H15BrN4O5S4.CHF3O2/c1-29-18-16(10-14(30-18)17(20)21)31(26,12-6-4-5-11(19)9-12)22-32(27,28)15-8-3-2-7-13(15)23(24)25;2-1(3,4)6-5/h2-10H,1H3,(H3,20,21);5H. The number of nitro benzene ring substituents is 1. The van der Waals surface area contributed by atoms with Gasteiger partial charge in [-0.3, -0.25) is 15.5 Å². The van der Waals surface area contributed by atoms with E-state index in [9.17, 15) is 35.9 Å². The van der Waals surface area contributed by atoms with E-state index in [4.69, 9.17) is 16.4 Å². The van der Waals surface area contributed by atoms with E-state index in [1.807, 2.05) is 4.89 Å². The first-order valence-electron chi connectivity index (χ1n) is 9.49. The van der Waals surface area contributed by atoms with Crippen molar-refractivity contribution in [3.05, 3.63) is 74.1 Å². The summed E-state index contributed by atoms with van der Waals surface area (Å²) in [6, 6.07) is 12.3. The molecule has 0 radical (unpaired) electrons. The Hall–Kier alpha value is -2.55. The summed E-state index contributed by atoms with van der Waals surface area (Å²) in [6.07, 6.45) is -3.20. The second-order valence-electron chi connectivity index (χ2n) is 6.67. The molecular formula is C19H16BrF3N4O7S4. The van der Waals surface area contributed by atoms with Crippen LogP contribution in [0.25, 0.3) is 0 Å². The smallest absolute Gasteiger partial charge is 0.383 e. The first-order valence-corrected chi connectivity index (χ1v) is 15.3. The average Bonchev–Trinajstić information content (AvgIpc) is 3.29. The summed E-state index contributed by atoms with van der Waals surface area (Å²) < 4.78 is 76.5. The van der Waals surface area contributed by atoms with E-state index in [2.05, 4.69) is 19.7 Å². The average molecular weight is 678 g/mol. The third-order valence-electron chi connectivity index (χ3n) is 4.18. The summed E-state index contributed by atoms with van der Waals surface area (Å²) in [7, 11) is -8.59. The molecule has 4 N–H and O–H groups in total. The highest BCUT2D eigenvalue weighted by Crippen LogP contribution is 2.40. The maximum absolute atomic E-state index is 14.4. The maximum Gasteiger partial charge on any atom is 0.549 e. The lowest BCUT2D eigenvalue weighted by atomic mass is 10.3. The number of para-hydroxylation sites is 1. The summed E-state index contributed by atoms with van der Waals surface area (Å²) in [5, 5.41) is 25.9. The highest BCUT2D eigenvalue weighted by atomic mass is 79.9. The van der Waals surface area contributed by atoms with E-state index in [-0.39, 0.29) is 15.6 Å². The lowest BCUT2D eigenvalue weighted by Crippen LogP contribution is -2.10. The summed E-state index contributed by atoms with van der Waals surface area (Å²) in [5.74, 6) is -0.269. The zero-order valence-corrected chi connectivity index (χ0v) is 23.6. The quantitative estimate of drug-likeness (QED) is 0.0705. The van der Waals surface area contributed by atoms with Crippen molar-refractivity contribution in [2.75, 3.05) is 6.26 Å². The zero-order valence-electron chi connectivity index (χ0n) is 18.7. The largest absolute Gasteiger partial charge is 0.549 e. The van der Waals surface area contributed by atoms with Gasteiger partial charge in [0, 0.05) is 10.5 Å². The molecule has 1 heterocycles. The van der Waals surface area contributed by atoms with E-state index >= 15 is 0 Å². The van der Waals surface area contributed by atoms with Crippen molar-refractivity contribution in [3.8, 4) is 0 Å². The van der Waals surface area contributed by atoms with Crippen molar-refractivity contribution in [3.63, 3.8) is 0 Å². The molecule has 19 heteroatoms. The Morgan fingerprint density at radius 2 is 1.79 bits per heavy atom. The molecule has 0 amide bonds. The highest BCUT2D eigenvalue weighted by Gasteiger charge is 2.31. The van der Waals surface area contributed by atoms with Gasteiger partial charge in [-0.25, -0.2) is 9.47 Å². The molecule has 0 spiro atoms. The molecule has 3 aromatic rings. The van der Waals surface area contributed by atoms with E-state index in [0.29, 0.717) is 13.6 Å². The van der Waals surface area contributed by atoms with Crippen molar-refractivity contribution in [2.24, 2.45) is 9.50 Å². The summed E-state index contributed by atoms with van der Waals surface area (Å²) in [4.78, 5) is 12.3. The fourth-order valence-corrected chi connectivity index (χ4v) is 9.92. The number of amidine groups is 1. The van der Waals surface area contributed by atoms with Gasteiger partial charge in [0.2, 0.25) is 0 Å². The first kappa shape index (κ1) is 31.7. The Balaban J connectivity index is 0.000000757. The normalized spacial score (nSPS) is 13.1. The summed E-state index contributed by atoms with van der Waals surface area (Å²) in [5.41, 5.74) is 4.91. The van der Waals surface area contributed by atoms with E-state index in [0.717, 1.165) is 23.5 Å². The number of sulfonamides is 1. The number of halogens is 4. The Bertz CT molecular complexity index is 1590. The summed E-state index contributed by atoms with van der Waals surface area (Å²) >= 11 is 5.57. The summed E-state index contributed by atoms with van der Waals surface area (Å²) in [6.45, 7) is 0. The highest BCUT2D eigenvalue weighted by molar-refractivity contribution is 9.10. The molecule has 1 atom stereocenters. The van der Waals surface area contributed by atoms with Gasteiger partial charge in [-0.1, -0.05) is 37.9 Å². The van der Waals surface area contributed by atoms with Gasteiger partial charge in [0.15, 0.2) is 4.90 Å². The number of hydrogen-bond donors (Lipinski definition) is 3. The first-order chi connectivity index (χ1) is 17.6. The number of thiophene rings is 1. The molecule has 3 rings (SSSR count). The molecule has 0 aliphatic rings. The van der Waals surface area contributed by atoms with Crippen molar-refractivity contribution in [1.82, 2.24) is 0 Å². The molecular weight excluding hydrogens is 661 g/mol. The molecule has 1 aromatic heterocycles. The van der Waals surface area contributed by atoms with Crippen LogP contribution in [0.5, 0.6) is 0 Å². The molecule has 0 saturated carbocycles. The topological polar surface area (TPSA) is 186 Å². The third-order valence-corrected chi connectivity index (χ3v) is 11.6. The van der Waals surface area contributed by atoms with Crippen LogP contribution in [0.2, 0.25) is 0 Å². The number of nitrogens with zero attached hydrogens (tertiary/aromatic N) is 2. The molecule has 0 aliphatic carbocycles. The number of benzene rings is 2. The number of alkyl halides is 3. The third kappa shape index (κ3) is 7.74. The van der Waals surface area contributed by atoms with Gasteiger partial charge in [-0.15, -0.1) is 41.2 Å². The van der Waals surface area contributed by atoms with E-state index < -0.39 is 41.6 Å². The predicted molar refractivity (Wildman–Crippen MR) is 138 cm³/mol. The van der Waals surface area contributed by atoms with Crippen molar-refractivity contribution in [2.45, 2.75) is 25.3 Å². The molecule has 206 valence electrons. The second kappa shape index (κ2) is 12.5. The van der Waals surface area contributed by atoms with E-state index in [1.54, 1.807) is 18.4 Å². The Morgan fingerprint density at radius 3 is 2.29 bits per heavy atom. The molecule has 0 fully saturated rings. The number of thioether (sulfide) groups is 1. The van der Waals surface area contributed by atoms with Crippen LogP contribution in [0, 0.1) is 15.5 Å². The van der Waals surface area contributed by atoms with Crippen LogP contribution < -0.4 is 5.73 Å². The maximum atomic E-state index is 14.4. The fourth-order valence-electron chi connectivity index (χ4n) is 2.68. The molecule has 11 nitrogen and oxygen atoms in total. The molecule has 0 saturated heterocycles. The number of nitrogen functional groups attached to an aromatic ring is 1. The van der Waals surface area contributed by atoms with Crippen LogP contribution in [-0.2, 0) is 24.6 Å². The van der Waals surface area contributed by atoms with Gasteiger partial charge in [-0.05, 0) is 36.6 Å². The number of rotatable bonds is 7. The molecule has 2 aromatic carbocycles. The van der Waals surface area contributed by atoms with Crippen LogP contribution in [0.15, 0.2) is 81.7 Å². The zero-order chi connectivity index (χ0) is 28.9. The van der Waals surface area contributed by atoms with Gasteiger partial charge >= 0.3 is 6.36 Å². The van der Waals surface area contributed by atoms with Crippen LogP contribution >= 0.6 is 39.0 Å². The van der Waals surface area contributed by atoms with Crippen LogP contribution in [0.4, 0.5) is 18.9 Å². The Labute approximate surface area is 230 Å². The molecule has 38 heavy (non-hydrogen) atoms. The van der Waals surface area contributed by atoms with Gasteiger partial charge in [0.25, 0.3) is 15.7 Å². The monoisotopic (exact) mass is 676 g/mol. The fraction of sp³-hybridized carbons (Fsp3) is 0.105. The van der Waals surface area contributed by atoms with Crippen molar-refractivity contribution >= 4 is 70.3 Å². The lowest BCUT2D eigenvalue weighted by Gasteiger charge is -2.12. The Kier molecular flexibility index (Phi) is 10.4. The molecule has 1 unspecified atom stereocenters. The number of nitro groups is 1. The van der Waals surface area contributed by atoms with Crippen LogP contribution in [-0.4, -0.2) is 41.3 Å². The van der Waals surface area contributed by atoms with Gasteiger partial charge in [0.05, 0.1) is 23.8 Å². The van der Waals surface area contributed by atoms with Crippen molar-refractivity contribution in [1.29, 1.82) is 5.41 Å². The lowest BCUT2D eigenvalue weighted by molar-refractivity contribution is -0.464. The number of nitrogens with one attached hydrogen (secondary N) is 1. The van der Waals surface area contributed by atoms with Gasteiger partial charge < -0.3 is 5.73 Å². The van der Waals surface area contributed by atoms with Gasteiger partial charge in [-0.2, -0.15) is 8.42 Å². The van der Waals surface area contributed by atoms with Crippen molar-refractivity contribution < 1.29 is 40.9 Å². The number of nitrogens with two attached hydrogens (primary N) is 1. The van der Waals surface area contributed by atoms with Crippen LogP contribution in [0.3, 0.4) is 0 Å². The van der Waals surface area contributed by atoms with Crippen LogP contribution in [0.1, 0.15) is 4.88 Å². The Morgan fingerprint density at radius 1 is 1.18 bits per heavy atom. The molecule has 0 aliphatic heterocycles. The minimum absolute atomic E-state index is 0.0699. The van der Waals surface area contributed by atoms with E-state index in [1.165, 1.54) is 42.1 Å². The van der Waals surface area contributed by atoms with Gasteiger partial charge in [0.1, 0.15) is 15.6 Å². The second-order valence-corrected chi connectivity index (χ2v) is 13.7.